The molecule has 0 saturated heterocycles. The van der Waals surface area contributed by atoms with Gasteiger partial charge < -0.3 is 9.47 Å². The summed E-state index contributed by atoms with van der Waals surface area (Å²) < 4.78 is 11.8. The van der Waals surface area contributed by atoms with Crippen LogP contribution in [0, 0.1) is 0 Å². The van der Waals surface area contributed by atoms with Crippen LogP contribution in [-0.4, -0.2) is 18.7 Å². The summed E-state index contributed by atoms with van der Waals surface area (Å²) in [5.74, 6) is 2.11. The largest absolute Gasteiger partial charge is 0.497 e. The van der Waals surface area contributed by atoms with Crippen LogP contribution in [0.2, 0.25) is 0 Å². The molecule has 0 fully saturated rings. The van der Waals surface area contributed by atoms with Crippen molar-refractivity contribution in [3.05, 3.63) is 38.8 Å². The topological polar surface area (TPSA) is 31.4 Å². The molecule has 0 aliphatic heterocycles. The summed E-state index contributed by atoms with van der Waals surface area (Å²) in [6, 6.07) is 5.68. The number of aryl methyl sites for hydroxylation is 1. The second-order valence-electron chi connectivity index (χ2n) is 4.11. The lowest BCUT2D eigenvalue weighted by atomic mass is 10.3. The van der Waals surface area contributed by atoms with Gasteiger partial charge in [-0.25, -0.2) is 4.98 Å². The Bertz CT molecular complexity index is 562. The standard InChI is InChI=1S/C14H15BrClNO2S/c1-18-11-4-5-13(12(15)7-11)19-6-2-3-14-17-10(8-16)9-20-14/h4-5,7,9H,2-3,6,8H2,1H3. The van der Waals surface area contributed by atoms with Crippen molar-refractivity contribution in [2.75, 3.05) is 13.7 Å². The molecule has 0 aliphatic carbocycles. The minimum Gasteiger partial charge on any atom is -0.497 e. The molecule has 0 bridgehead atoms. The first-order valence-corrected chi connectivity index (χ1v) is 8.39. The molecule has 1 aromatic heterocycles. The van der Waals surface area contributed by atoms with Crippen LogP contribution in [0.5, 0.6) is 11.5 Å². The van der Waals surface area contributed by atoms with Gasteiger partial charge in [-0.3, -0.25) is 0 Å². The van der Waals surface area contributed by atoms with Crippen molar-refractivity contribution >= 4 is 38.9 Å². The molecule has 0 saturated carbocycles. The van der Waals surface area contributed by atoms with Gasteiger partial charge in [-0.05, 0) is 40.5 Å². The number of alkyl halides is 1. The monoisotopic (exact) mass is 375 g/mol. The quantitative estimate of drug-likeness (QED) is 0.520. The summed E-state index contributed by atoms with van der Waals surface area (Å²) >= 11 is 10.8. The Kier molecular flexibility index (Phi) is 6.13. The number of methoxy groups -OCH3 is 1. The average molecular weight is 377 g/mol. The van der Waals surface area contributed by atoms with Gasteiger partial charge >= 0.3 is 0 Å². The molecule has 0 N–H and O–H groups in total. The van der Waals surface area contributed by atoms with Crippen LogP contribution in [0.4, 0.5) is 0 Å². The smallest absolute Gasteiger partial charge is 0.133 e. The number of benzene rings is 1. The maximum Gasteiger partial charge on any atom is 0.133 e. The molecule has 6 heteroatoms. The van der Waals surface area contributed by atoms with Crippen LogP contribution >= 0.6 is 38.9 Å². The van der Waals surface area contributed by atoms with E-state index in [1.807, 2.05) is 23.6 Å². The average Bonchev–Trinajstić information content (AvgIpc) is 2.92. The van der Waals surface area contributed by atoms with E-state index in [-0.39, 0.29) is 0 Å². The highest BCUT2D eigenvalue weighted by Gasteiger charge is 2.04. The molecule has 0 atom stereocenters. The van der Waals surface area contributed by atoms with Crippen molar-refractivity contribution in [3.63, 3.8) is 0 Å². The number of nitrogens with zero attached hydrogens (tertiary/aromatic N) is 1. The second-order valence-corrected chi connectivity index (χ2v) is 6.18. The van der Waals surface area contributed by atoms with E-state index in [0.29, 0.717) is 12.5 Å². The van der Waals surface area contributed by atoms with E-state index in [2.05, 4.69) is 20.9 Å². The third-order valence-corrected chi connectivity index (χ3v) is 4.52. The van der Waals surface area contributed by atoms with E-state index in [4.69, 9.17) is 21.1 Å². The van der Waals surface area contributed by atoms with Crippen molar-refractivity contribution < 1.29 is 9.47 Å². The van der Waals surface area contributed by atoms with Crippen LogP contribution in [0.15, 0.2) is 28.1 Å². The number of thiazole rings is 1. The third-order valence-electron chi connectivity index (χ3n) is 2.67. The molecule has 0 radical (unpaired) electrons. The lowest BCUT2D eigenvalue weighted by Gasteiger charge is -2.09. The fourth-order valence-electron chi connectivity index (χ4n) is 1.66. The molecule has 2 aromatic rings. The highest BCUT2D eigenvalue weighted by Crippen LogP contribution is 2.29. The van der Waals surface area contributed by atoms with Crippen LogP contribution < -0.4 is 9.47 Å². The Hall–Kier alpha value is -0.780. The Morgan fingerprint density at radius 2 is 2.25 bits per heavy atom. The molecule has 2 rings (SSSR count). The maximum absolute atomic E-state index is 5.74. The predicted octanol–water partition coefficient (Wildman–Crippen LogP) is 4.66. The van der Waals surface area contributed by atoms with Crippen molar-refractivity contribution in [1.29, 1.82) is 0 Å². The fraction of sp³-hybridized carbons (Fsp3) is 0.357. The van der Waals surface area contributed by atoms with Gasteiger partial charge in [0.25, 0.3) is 0 Å². The van der Waals surface area contributed by atoms with Gasteiger partial charge in [-0.15, -0.1) is 22.9 Å². The van der Waals surface area contributed by atoms with Crippen molar-refractivity contribution in [2.45, 2.75) is 18.7 Å². The molecular weight excluding hydrogens is 362 g/mol. The first-order valence-electron chi connectivity index (χ1n) is 6.18. The highest BCUT2D eigenvalue weighted by molar-refractivity contribution is 9.10. The zero-order chi connectivity index (χ0) is 14.4. The van der Waals surface area contributed by atoms with E-state index in [9.17, 15) is 0 Å². The van der Waals surface area contributed by atoms with Gasteiger partial charge in [0.05, 0.1) is 34.8 Å². The molecule has 0 amide bonds. The van der Waals surface area contributed by atoms with Crippen LogP contribution in [0.25, 0.3) is 0 Å². The molecule has 0 unspecified atom stereocenters. The molecule has 0 aliphatic rings. The van der Waals surface area contributed by atoms with Crippen LogP contribution in [0.3, 0.4) is 0 Å². The van der Waals surface area contributed by atoms with Gasteiger partial charge in [0.15, 0.2) is 0 Å². The maximum atomic E-state index is 5.74. The summed E-state index contributed by atoms with van der Waals surface area (Å²) in [5.41, 5.74) is 0.950. The van der Waals surface area contributed by atoms with Crippen molar-refractivity contribution in [1.82, 2.24) is 4.98 Å². The first-order chi connectivity index (χ1) is 9.72. The SMILES string of the molecule is COc1ccc(OCCCc2nc(CCl)cs2)c(Br)c1. The first kappa shape index (κ1) is 15.6. The van der Waals surface area contributed by atoms with Crippen molar-refractivity contribution in [2.24, 2.45) is 0 Å². The Morgan fingerprint density at radius 3 is 2.90 bits per heavy atom. The van der Waals surface area contributed by atoms with Gasteiger partial charge in [0.2, 0.25) is 0 Å². The summed E-state index contributed by atoms with van der Waals surface area (Å²) in [6.45, 7) is 0.653. The second kappa shape index (κ2) is 7.86. The molecule has 108 valence electrons. The Labute approximate surface area is 136 Å². The van der Waals surface area contributed by atoms with E-state index in [1.54, 1.807) is 18.4 Å². The van der Waals surface area contributed by atoms with Gasteiger partial charge in [-0.1, -0.05) is 0 Å². The molecule has 0 spiro atoms. The number of aromatic nitrogens is 1. The lowest BCUT2D eigenvalue weighted by molar-refractivity contribution is 0.308. The number of rotatable bonds is 7. The van der Waals surface area contributed by atoms with Crippen molar-refractivity contribution in [3.8, 4) is 11.5 Å². The van der Waals surface area contributed by atoms with Gasteiger partial charge in [-0.2, -0.15) is 0 Å². The molecular formula is C14H15BrClNO2S. The number of hydrogen-bond acceptors (Lipinski definition) is 4. The van der Waals surface area contributed by atoms with Gasteiger partial charge in [0.1, 0.15) is 11.5 Å². The van der Waals surface area contributed by atoms with E-state index in [0.717, 1.165) is 39.5 Å². The molecule has 1 aromatic carbocycles. The van der Waals surface area contributed by atoms with Crippen LogP contribution in [-0.2, 0) is 12.3 Å². The minimum atomic E-state index is 0.478. The Balaban J connectivity index is 1.78. The summed E-state index contributed by atoms with van der Waals surface area (Å²) in [5, 5.41) is 3.11. The summed E-state index contributed by atoms with van der Waals surface area (Å²) in [6.07, 6.45) is 1.84. The zero-order valence-corrected chi connectivity index (χ0v) is 14.2. The fourth-order valence-corrected chi connectivity index (χ4v) is 3.20. The number of ether oxygens (including phenoxy) is 2. The van der Waals surface area contributed by atoms with E-state index in [1.165, 1.54) is 0 Å². The molecule has 3 nitrogen and oxygen atoms in total. The van der Waals surface area contributed by atoms with E-state index >= 15 is 0 Å². The summed E-state index contributed by atoms with van der Waals surface area (Å²) in [4.78, 5) is 4.42. The summed E-state index contributed by atoms with van der Waals surface area (Å²) in [7, 11) is 1.64. The highest BCUT2D eigenvalue weighted by atomic mass is 79.9. The van der Waals surface area contributed by atoms with E-state index < -0.39 is 0 Å². The normalized spacial score (nSPS) is 10.6. The van der Waals surface area contributed by atoms with Gasteiger partial charge in [0, 0.05) is 11.8 Å². The molecule has 1 heterocycles. The zero-order valence-electron chi connectivity index (χ0n) is 11.1. The predicted molar refractivity (Wildman–Crippen MR) is 86.2 cm³/mol. The number of halogens is 2. The number of hydrogen-bond donors (Lipinski definition) is 0. The van der Waals surface area contributed by atoms with Crippen LogP contribution in [0.1, 0.15) is 17.1 Å². The minimum absolute atomic E-state index is 0.478. The molecule has 20 heavy (non-hydrogen) atoms. The third kappa shape index (κ3) is 4.36. The Morgan fingerprint density at radius 1 is 1.40 bits per heavy atom. The lowest BCUT2D eigenvalue weighted by Crippen LogP contribution is -2.00.